The molecule has 0 N–H and O–H groups in total. The van der Waals surface area contributed by atoms with E-state index < -0.39 is 11.8 Å². The molecule has 3 aromatic rings. The molecule has 27 heavy (non-hydrogen) atoms. The number of rotatable bonds is 5. The van der Waals surface area contributed by atoms with E-state index in [2.05, 4.69) is 22.0 Å². The fraction of sp³-hybridized carbons (Fsp3) is 0.105. The van der Waals surface area contributed by atoms with Gasteiger partial charge in [0.05, 0.1) is 11.3 Å². The third-order valence-electron chi connectivity index (χ3n) is 3.23. The number of thioether (sulfide) groups is 1. The van der Waals surface area contributed by atoms with Crippen LogP contribution < -0.4 is 0 Å². The molecule has 0 aliphatic heterocycles. The molecule has 0 spiro atoms. The predicted octanol–water partition coefficient (Wildman–Crippen LogP) is 4.48. The zero-order valence-corrected chi connectivity index (χ0v) is 15.4. The van der Waals surface area contributed by atoms with E-state index in [1.807, 2.05) is 6.07 Å². The second-order valence-corrected chi connectivity index (χ2v) is 6.47. The lowest BCUT2D eigenvalue weighted by Crippen LogP contribution is -2.05. The minimum absolute atomic E-state index is 0.0611. The molecule has 136 valence electrons. The number of aromatic nitrogens is 2. The van der Waals surface area contributed by atoms with Gasteiger partial charge in [-0.1, -0.05) is 41.3 Å². The van der Waals surface area contributed by atoms with Crippen molar-refractivity contribution >= 4 is 29.3 Å². The van der Waals surface area contributed by atoms with Crippen molar-refractivity contribution in [3.63, 3.8) is 0 Å². The van der Waals surface area contributed by atoms with Crippen LogP contribution in [0.3, 0.4) is 0 Å². The largest absolute Gasteiger partial charge is 0.449 e. The van der Waals surface area contributed by atoms with Crippen molar-refractivity contribution in [1.29, 1.82) is 0 Å². The van der Waals surface area contributed by atoms with E-state index in [-0.39, 0.29) is 12.2 Å². The summed E-state index contributed by atoms with van der Waals surface area (Å²) in [6, 6.07) is 12.2. The van der Waals surface area contributed by atoms with Crippen molar-refractivity contribution in [2.45, 2.75) is 5.22 Å². The van der Waals surface area contributed by atoms with Crippen LogP contribution in [-0.4, -0.2) is 28.5 Å². The lowest BCUT2D eigenvalue weighted by atomic mass is 10.2. The van der Waals surface area contributed by atoms with Crippen LogP contribution in [0, 0.1) is 17.7 Å². The molecule has 1 heterocycles. The van der Waals surface area contributed by atoms with Crippen LogP contribution in [0.25, 0.3) is 11.5 Å². The molecule has 1 aromatic heterocycles. The smallest absolute Gasteiger partial charge is 0.339 e. The van der Waals surface area contributed by atoms with Gasteiger partial charge >= 0.3 is 5.97 Å². The number of benzene rings is 2. The first-order chi connectivity index (χ1) is 13.1. The highest BCUT2D eigenvalue weighted by atomic mass is 35.5. The van der Waals surface area contributed by atoms with Crippen LogP contribution in [0.2, 0.25) is 5.02 Å². The Morgan fingerprint density at radius 3 is 2.78 bits per heavy atom. The third kappa shape index (κ3) is 5.58. The molecular formula is C19H12ClFN2O3S. The number of ether oxygens (including phenoxy) is 1. The van der Waals surface area contributed by atoms with Crippen LogP contribution in [0.5, 0.6) is 0 Å². The van der Waals surface area contributed by atoms with Crippen molar-refractivity contribution in [1.82, 2.24) is 10.2 Å². The van der Waals surface area contributed by atoms with Gasteiger partial charge in [-0.25, -0.2) is 9.18 Å². The summed E-state index contributed by atoms with van der Waals surface area (Å²) in [5.74, 6) is 5.35. The van der Waals surface area contributed by atoms with Gasteiger partial charge in [-0.3, -0.25) is 0 Å². The van der Waals surface area contributed by atoms with E-state index in [0.29, 0.717) is 21.9 Å². The number of halogens is 2. The highest BCUT2D eigenvalue weighted by Crippen LogP contribution is 2.24. The summed E-state index contributed by atoms with van der Waals surface area (Å²) in [5.41, 5.74) is 1.01. The fourth-order valence-electron chi connectivity index (χ4n) is 1.98. The Morgan fingerprint density at radius 2 is 2.00 bits per heavy atom. The van der Waals surface area contributed by atoms with E-state index in [1.165, 1.54) is 36.0 Å². The summed E-state index contributed by atoms with van der Waals surface area (Å²) in [6.45, 7) is -0.0611. The number of esters is 1. The minimum Gasteiger partial charge on any atom is -0.449 e. The van der Waals surface area contributed by atoms with Crippen LogP contribution in [0.1, 0.15) is 10.4 Å². The molecule has 0 bridgehead atoms. The topological polar surface area (TPSA) is 65.2 Å². The Morgan fingerprint density at radius 1 is 1.19 bits per heavy atom. The molecular weight excluding hydrogens is 391 g/mol. The number of carbonyl (C=O) groups excluding carboxylic acids is 1. The van der Waals surface area contributed by atoms with Crippen molar-refractivity contribution in [2.24, 2.45) is 0 Å². The molecule has 0 unspecified atom stereocenters. The van der Waals surface area contributed by atoms with Gasteiger partial charge in [0.1, 0.15) is 5.82 Å². The summed E-state index contributed by atoms with van der Waals surface area (Å²) in [4.78, 5) is 11.7. The maximum atomic E-state index is 12.8. The number of hydrogen-bond donors (Lipinski definition) is 0. The van der Waals surface area contributed by atoms with Gasteiger partial charge in [-0.15, -0.1) is 10.2 Å². The molecule has 0 saturated carbocycles. The normalized spacial score (nSPS) is 10.1. The van der Waals surface area contributed by atoms with Gasteiger partial charge in [0, 0.05) is 10.6 Å². The predicted molar refractivity (Wildman–Crippen MR) is 99.9 cm³/mol. The van der Waals surface area contributed by atoms with Gasteiger partial charge in [-0.05, 0) is 42.5 Å². The summed E-state index contributed by atoms with van der Waals surface area (Å²) in [7, 11) is 0. The quantitative estimate of drug-likeness (QED) is 0.356. The van der Waals surface area contributed by atoms with Crippen molar-refractivity contribution < 1.29 is 18.3 Å². The van der Waals surface area contributed by atoms with Crippen molar-refractivity contribution in [3.8, 4) is 23.3 Å². The zero-order valence-electron chi connectivity index (χ0n) is 13.8. The van der Waals surface area contributed by atoms with E-state index >= 15 is 0 Å². The van der Waals surface area contributed by atoms with Crippen LogP contribution in [0.4, 0.5) is 4.39 Å². The first-order valence-electron chi connectivity index (χ1n) is 7.72. The molecule has 2 aromatic carbocycles. The van der Waals surface area contributed by atoms with Gasteiger partial charge in [0.15, 0.2) is 6.61 Å². The molecule has 0 fully saturated rings. The Hall–Kier alpha value is -2.82. The van der Waals surface area contributed by atoms with Crippen LogP contribution in [0.15, 0.2) is 58.2 Å². The average Bonchev–Trinajstić information content (AvgIpc) is 3.14. The van der Waals surface area contributed by atoms with Crippen LogP contribution >= 0.6 is 23.4 Å². The van der Waals surface area contributed by atoms with E-state index in [1.54, 1.807) is 18.2 Å². The van der Waals surface area contributed by atoms with Crippen molar-refractivity contribution in [3.05, 3.63) is 64.9 Å². The maximum Gasteiger partial charge on any atom is 0.339 e. The van der Waals surface area contributed by atoms with Crippen molar-refractivity contribution in [2.75, 3.05) is 12.4 Å². The third-order valence-corrected chi connectivity index (χ3v) is 4.16. The molecule has 0 atom stereocenters. The summed E-state index contributed by atoms with van der Waals surface area (Å²) in [5, 5.41) is 8.86. The molecule has 0 aliphatic rings. The first-order valence-corrected chi connectivity index (χ1v) is 9.09. The second kappa shape index (κ2) is 9.21. The van der Waals surface area contributed by atoms with Gasteiger partial charge in [0.25, 0.3) is 5.22 Å². The second-order valence-electron chi connectivity index (χ2n) is 5.11. The molecule has 0 radical (unpaired) electrons. The highest BCUT2D eigenvalue weighted by Gasteiger charge is 2.09. The molecule has 3 rings (SSSR count). The average molecular weight is 403 g/mol. The highest BCUT2D eigenvalue weighted by molar-refractivity contribution is 7.99. The number of carbonyl (C=O) groups is 1. The lowest BCUT2D eigenvalue weighted by Gasteiger charge is -2.00. The number of nitrogens with zero attached hydrogens (tertiary/aromatic N) is 2. The van der Waals surface area contributed by atoms with Gasteiger partial charge in [-0.2, -0.15) is 0 Å². The summed E-state index contributed by atoms with van der Waals surface area (Å²) in [6.07, 6.45) is 0. The van der Waals surface area contributed by atoms with E-state index in [4.69, 9.17) is 20.8 Å². The molecule has 0 amide bonds. The lowest BCUT2D eigenvalue weighted by molar-refractivity contribution is 0.0556. The minimum atomic E-state index is -0.556. The standard InChI is InChI=1S/C19H12ClFN2O3S/c20-15-5-3-4-14(12-15)17-22-23-19(26-17)27-11-2-1-10-25-18(24)13-6-8-16(21)9-7-13/h3-9,12H,10-11H2. The fourth-order valence-corrected chi connectivity index (χ4v) is 2.70. The summed E-state index contributed by atoms with van der Waals surface area (Å²) >= 11 is 7.20. The maximum absolute atomic E-state index is 12.8. The van der Waals surface area contributed by atoms with E-state index in [9.17, 15) is 9.18 Å². The first kappa shape index (κ1) is 19.0. The SMILES string of the molecule is O=C(OCC#CCSc1nnc(-c2cccc(Cl)c2)o1)c1ccc(F)cc1. The Kier molecular flexibility index (Phi) is 6.47. The van der Waals surface area contributed by atoms with Crippen LogP contribution in [-0.2, 0) is 4.74 Å². The Balaban J connectivity index is 1.44. The van der Waals surface area contributed by atoms with Gasteiger partial charge in [0.2, 0.25) is 5.89 Å². The molecule has 8 heteroatoms. The zero-order chi connectivity index (χ0) is 19.1. The van der Waals surface area contributed by atoms with E-state index in [0.717, 1.165) is 5.56 Å². The molecule has 0 saturated heterocycles. The summed E-state index contributed by atoms with van der Waals surface area (Å²) < 4.78 is 23.3. The van der Waals surface area contributed by atoms with Gasteiger partial charge < -0.3 is 9.15 Å². The molecule has 0 aliphatic carbocycles. The number of hydrogen-bond acceptors (Lipinski definition) is 6. The Bertz CT molecular complexity index is 996. The monoisotopic (exact) mass is 402 g/mol. The Labute approximate surface area is 163 Å². The molecule has 5 nitrogen and oxygen atoms in total.